The van der Waals surface area contributed by atoms with Gasteiger partial charge in [-0.05, 0) is 36.3 Å². The van der Waals surface area contributed by atoms with Crippen LogP contribution >= 0.6 is 11.6 Å². The Balaban J connectivity index is 2.34. The maximum atomic E-state index is 11.3. The molecule has 9 nitrogen and oxygen atoms in total. The van der Waals surface area contributed by atoms with Gasteiger partial charge in [-0.1, -0.05) is 23.7 Å². The Morgan fingerprint density at radius 1 is 1.27 bits per heavy atom. The molecular weight excluding hydrogens is 416 g/mol. The van der Waals surface area contributed by atoms with Gasteiger partial charge in [0.05, 0.1) is 16.6 Å². The minimum Gasteiger partial charge on any atom is -0.490 e. The highest BCUT2D eigenvalue weighted by Gasteiger charge is 2.15. The van der Waals surface area contributed by atoms with E-state index in [9.17, 15) is 24.8 Å². The van der Waals surface area contributed by atoms with E-state index in [1.165, 1.54) is 37.3 Å². The summed E-state index contributed by atoms with van der Waals surface area (Å²) < 4.78 is 11.3. The molecule has 0 unspecified atom stereocenters. The summed E-state index contributed by atoms with van der Waals surface area (Å²) in [4.78, 5) is 32.9. The predicted octanol–water partition coefficient (Wildman–Crippen LogP) is 3.79. The van der Waals surface area contributed by atoms with Crippen molar-refractivity contribution >= 4 is 35.2 Å². The molecule has 1 amide bonds. The third kappa shape index (κ3) is 6.21. The van der Waals surface area contributed by atoms with Crippen molar-refractivity contribution in [3.63, 3.8) is 0 Å². The summed E-state index contributed by atoms with van der Waals surface area (Å²) in [5, 5.41) is 22.5. The van der Waals surface area contributed by atoms with E-state index >= 15 is 0 Å². The van der Waals surface area contributed by atoms with E-state index in [1.807, 2.05) is 0 Å². The molecule has 0 spiro atoms. The summed E-state index contributed by atoms with van der Waals surface area (Å²) in [6.45, 7) is 3.23. The quantitative estimate of drug-likeness (QED) is 0.349. The van der Waals surface area contributed by atoms with Gasteiger partial charge < -0.3 is 19.9 Å². The van der Waals surface area contributed by atoms with Crippen molar-refractivity contribution in [1.82, 2.24) is 5.32 Å². The van der Waals surface area contributed by atoms with Gasteiger partial charge in [0, 0.05) is 19.1 Å². The van der Waals surface area contributed by atoms with E-state index in [4.69, 9.17) is 21.1 Å². The molecular formula is C20H19ClN2O7. The fraction of sp³-hybridized carbons (Fsp3) is 0.200. The Kier molecular flexibility index (Phi) is 7.76. The van der Waals surface area contributed by atoms with Crippen molar-refractivity contribution in [2.24, 2.45) is 0 Å². The smallest absolute Gasteiger partial charge is 0.352 e. The SMILES string of the molecule is CCOc1cc(/C=C(/NC(C)=O)C(=O)O)cc(Cl)c1OCc1cccc([N+](=O)[O-])c1. The highest BCUT2D eigenvalue weighted by molar-refractivity contribution is 6.32. The van der Waals surface area contributed by atoms with Gasteiger partial charge in [0.1, 0.15) is 12.3 Å². The normalized spacial score (nSPS) is 11.0. The van der Waals surface area contributed by atoms with Crippen LogP contribution in [0.5, 0.6) is 11.5 Å². The molecule has 158 valence electrons. The number of amides is 1. The molecule has 0 radical (unpaired) electrons. The molecule has 30 heavy (non-hydrogen) atoms. The van der Waals surface area contributed by atoms with Crippen molar-refractivity contribution in [3.8, 4) is 11.5 Å². The van der Waals surface area contributed by atoms with Crippen LogP contribution < -0.4 is 14.8 Å². The molecule has 2 N–H and O–H groups in total. The summed E-state index contributed by atoms with van der Waals surface area (Å²) >= 11 is 6.31. The number of carbonyl (C=O) groups excluding carboxylic acids is 1. The molecule has 2 aromatic rings. The number of hydrogen-bond donors (Lipinski definition) is 2. The number of nitrogens with one attached hydrogen (secondary N) is 1. The maximum absolute atomic E-state index is 11.3. The number of hydrogen-bond acceptors (Lipinski definition) is 6. The van der Waals surface area contributed by atoms with Crippen LogP contribution in [-0.4, -0.2) is 28.5 Å². The van der Waals surface area contributed by atoms with Gasteiger partial charge in [-0.15, -0.1) is 0 Å². The molecule has 0 saturated heterocycles. The van der Waals surface area contributed by atoms with Crippen LogP contribution in [-0.2, 0) is 16.2 Å². The zero-order valence-electron chi connectivity index (χ0n) is 16.2. The highest BCUT2D eigenvalue weighted by Crippen LogP contribution is 2.38. The lowest BCUT2D eigenvalue weighted by Crippen LogP contribution is -2.24. The topological polar surface area (TPSA) is 128 Å². The van der Waals surface area contributed by atoms with Gasteiger partial charge in [0.25, 0.3) is 5.69 Å². The van der Waals surface area contributed by atoms with E-state index < -0.39 is 16.8 Å². The van der Waals surface area contributed by atoms with Crippen LogP contribution in [0.15, 0.2) is 42.1 Å². The lowest BCUT2D eigenvalue weighted by atomic mass is 10.1. The molecule has 0 bridgehead atoms. The number of nitro benzene ring substituents is 1. The second-order valence-corrected chi connectivity index (χ2v) is 6.43. The van der Waals surface area contributed by atoms with Crippen LogP contribution in [0, 0.1) is 10.1 Å². The number of carboxylic acids is 1. The number of rotatable bonds is 9. The largest absolute Gasteiger partial charge is 0.490 e. The van der Waals surface area contributed by atoms with Crippen molar-refractivity contribution < 1.29 is 29.1 Å². The first-order valence-electron chi connectivity index (χ1n) is 8.76. The predicted molar refractivity (Wildman–Crippen MR) is 109 cm³/mol. The van der Waals surface area contributed by atoms with Crippen LogP contribution in [0.25, 0.3) is 6.08 Å². The number of carboxylic acid groups (broad SMARTS) is 1. The van der Waals surface area contributed by atoms with Crippen LogP contribution in [0.1, 0.15) is 25.0 Å². The Morgan fingerprint density at radius 2 is 2.00 bits per heavy atom. The molecule has 10 heteroatoms. The Morgan fingerprint density at radius 3 is 2.60 bits per heavy atom. The van der Waals surface area contributed by atoms with Gasteiger partial charge in [0.2, 0.25) is 5.91 Å². The molecule has 0 fully saturated rings. The van der Waals surface area contributed by atoms with Crippen LogP contribution in [0.2, 0.25) is 5.02 Å². The Bertz CT molecular complexity index is 1000. The van der Waals surface area contributed by atoms with E-state index in [2.05, 4.69) is 5.32 Å². The second-order valence-electron chi connectivity index (χ2n) is 6.02. The number of carbonyl (C=O) groups is 2. The molecule has 0 aromatic heterocycles. The van der Waals surface area contributed by atoms with Crippen molar-refractivity contribution in [2.45, 2.75) is 20.5 Å². The Hall–Kier alpha value is -3.59. The lowest BCUT2D eigenvalue weighted by Gasteiger charge is -2.15. The monoisotopic (exact) mass is 434 g/mol. The lowest BCUT2D eigenvalue weighted by molar-refractivity contribution is -0.384. The average Bonchev–Trinajstić information content (AvgIpc) is 2.67. The molecule has 0 aliphatic rings. The second kappa shape index (κ2) is 10.3. The van der Waals surface area contributed by atoms with E-state index in [0.717, 1.165) is 0 Å². The third-order valence-corrected chi connectivity index (χ3v) is 3.97. The minimum absolute atomic E-state index is 0.00291. The van der Waals surface area contributed by atoms with Gasteiger partial charge in [-0.3, -0.25) is 14.9 Å². The summed E-state index contributed by atoms with van der Waals surface area (Å²) in [5.41, 5.74) is 0.543. The van der Waals surface area contributed by atoms with Crippen molar-refractivity contribution in [3.05, 3.63) is 68.4 Å². The first-order chi connectivity index (χ1) is 14.2. The molecule has 0 aliphatic carbocycles. The van der Waals surface area contributed by atoms with Gasteiger partial charge in [-0.2, -0.15) is 0 Å². The minimum atomic E-state index is -1.31. The summed E-state index contributed by atoms with van der Waals surface area (Å²) in [6.07, 6.45) is 1.24. The number of aliphatic carboxylic acids is 1. The average molecular weight is 435 g/mol. The van der Waals surface area contributed by atoms with E-state index in [0.29, 0.717) is 11.1 Å². The molecule has 0 aliphatic heterocycles. The van der Waals surface area contributed by atoms with E-state index in [-0.39, 0.29) is 41.1 Å². The third-order valence-electron chi connectivity index (χ3n) is 3.69. The van der Waals surface area contributed by atoms with Crippen molar-refractivity contribution in [1.29, 1.82) is 0 Å². The van der Waals surface area contributed by atoms with Crippen LogP contribution in [0.4, 0.5) is 5.69 Å². The zero-order chi connectivity index (χ0) is 22.3. The molecule has 0 saturated carbocycles. The first kappa shape index (κ1) is 22.7. The fourth-order valence-electron chi connectivity index (χ4n) is 2.50. The summed E-state index contributed by atoms with van der Waals surface area (Å²) in [6, 6.07) is 8.95. The number of non-ortho nitro benzene ring substituents is 1. The summed E-state index contributed by atoms with van der Waals surface area (Å²) in [7, 11) is 0. The first-order valence-corrected chi connectivity index (χ1v) is 9.14. The fourth-order valence-corrected chi connectivity index (χ4v) is 2.77. The molecule has 0 atom stereocenters. The zero-order valence-corrected chi connectivity index (χ0v) is 16.9. The van der Waals surface area contributed by atoms with Crippen molar-refractivity contribution in [2.75, 3.05) is 6.61 Å². The standard InChI is InChI=1S/C20H19ClN2O7/c1-3-29-18-10-14(9-17(20(25)26)22-12(2)24)8-16(21)19(18)30-11-13-5-4-6-15(7-13)23(27)28/h4-10H,3,11H2,1-2H3,(H,22,24)(H,25,26)/b17-9+. The number of benzene rings is 2. The molecule has 2 aromatic carbocycles. The molecule has 2 rings (SSSR count). The Labute approximate surface area is 177 Å². The maximum Gasteiger partial charge on any atom is 0.352 e. The van der Waals surface area contributed by atoms with Gasteiger partial charge in [-0.25, -0.2) is 4.79 Å². The highest BCUT2D eigenvalue weighted by atomic mass is 35.5. The number of nitrogens with zero attached hydrogens (tertiary/aromatic N) is 1. The number of halogens is 1. The number of nitro groups is 1. The summed E-state index contributed by atoms with van der Waals surface area (Å²) in [5.74, 6) is -1.38. The van der Waals surface area contributed by atoms with Gasteiger partial charge in [0.15, 0.2) is 11.5 Å². The van der Waals surface area contributed by atoms with Gasteiger partial charge >= 0.3 is 5.97 Å². The van der Waals surface area contributed by atoms with Crippen LogP contribution in [0.3, 0.4) is 0 Å². The van der Waals surface area contributed by atoms with E-state index in [1.54, 1.807) is 19.1 Å². The number of ether oxygens (including phenoxy) is 2. The molecule has 0 heterocycles.